The highest BCUT2D eigenvalue weighted by atomic mass is 19.4. The molecule has 0 radical (unpaired) electrons. The van der Waals surface area contributed by atoms with Crippen molar-refractivity contribution in [1.82, 2.24) is 19.4 Å². The lowest BCUT2D eigenvalue weighted by Crippen LogP contribution is -2.48. The molecular formula is C36H33F6N5O3. The number of nitrogens with zero attached hydrogens (tertiary/aromatic N) is 5. The first-order valence-corrected chi connectivity index (χ1v) is 15.7. The Morgan fingerprint density at radius 3 is 2.10 bits per heavy atom. The van der Waals surface area contributed by atoms with Gasteiger partial charge in [-0.3, -0.25) is 9.69 Å². The lowest BCUT2D eigenvalue weighted by molar-refractivity contribution is -0.153. The number of amides is 1. The van der Waals surface area contributed by atoms with Gasteiger partial charge >= 0.3 is 12.4 Å². The summed E-state index contributed by atoms with van der Waals surface area (Å²) in [5.41, 5.74) is 2.78. The fraction of sp³-hybridized carbons (Fsp3) is 0.278. The minimum Gasteiger partial charge on any atom is -0.484 e. The highest BCUT2D eigenvalue weighted by molar-refractivity contribution is 5.99. The summed E-state index contributed by atoms with van der Waals surface area (Å²) in [7, 11) is 3.55. The van der Waals surface area contributed by atoms with Gasteiger partial charge in [-0.1, -0.05) is 12.1 Å². The first-order chi connectivity index (χ1) is 23.7. The quantitative estimate of drug-likeness (QED) is 0.145. The summed E-state index contributed by atoms with van der Waals surface area (Å²) in [6.07, 6.45) is -7.23. The Labute approximate surface area is 284 Å². The number of anilines is 2. The van der Waals surface area contributed by atoms with E-state index < -0.39 is 24.5 Å². The van der Waals surface area contributed by atoms with E-state index in [9.17, 15) is 31.1 Å². The molecule has 1 amide bonds. The third-order valence-corrected chi connectivity index (χ3v) is 8.54. The lowest BCUT2D eigenvalue weighted by atomic mass is 10.2. The van der Waals surface area contributed by atoms with Crippen LogP contribution in [0.15, 0.2) is 91.1 Å². The van der Waals surface area contributed by atoms with Gasteiger partial charge in [0.05, 0.1) is 23.0 Å². The Balaban J connectivity index is 1.04. The van der Waals surface area contributed by atoms with E-state index in [2.05, 4.69) is 9.88 Å². The number of aromatic nitrogens is 2. The SMILES string of the molecule is CN(c1ccc(C(F)(F)F)cc1)c1ccc(Oc2ccc3cc(C(=O)N4CCN(Cc5ccc(OCC(F)(F)F)cc5)CC4)n(C)c3c2)nc1. The molecule has 3 heterocycles. The van der Waals surface area contributed by atoms with Gasteiger partial charge < -0.3 is 23.8 Å². The number of fused-ring (bicyclic) bond motifs is 1. The van der Waals surface area contributed by atoms with E-state index in [1.54, 1.807) is 48.5 Å². The monoisotopic (exact) mass is 697 g/mol. The highest BCUT2D eigenvalue weighted by Gasteiger charge is 2.30. The fourth-order valence-electron chi connectivity index (χ4n) is 5.74. The normalized spacial score (nSPS) is 14.2. The van der Waals surface area contributed by atoms with Crippen LogP contribution >= 0.6 is 0 Å². The minimum atomic E-state index is -4.40. The van der Waals surface area contributed by atoms with Crippen molar-refractivity contribution in [2.24, 2.45) is 7.05 Å². The maximum absolute atomic E-state index is 13.5. The predicted octanol–water partition coefficient (Wildman–Crippen LogP) is 8.05. The summed E-state index contributed by atoms with van der Waals surface area (Å²) >= 11 is 0. The summed E-state index contributed by atoms with van der Waals surface area (Å²) in [5, 5.41) is 0.867. The number of ether oxygens (including phenoxy) is 2. The van der Waals surface area contributed by atoms with Crippen LogP contribution in [0, 0.1) is 0 Å². The summed E-state index contributed by atoms with van der Waals surface area (Å²) < 4.78 is 88.6. The molecule has 0 spiro atoms. The molecule has 5 aromatic rings. The number of piperazine rings is 1. The van der Waals surface area contributed by atoms with E-state index in [4.69, 9.17) is 9.47 Å². The maximum atomic E-state index is 13.5. The number of benzene rings is 3. The van der Waals surface area contributed by atoms with Crippen LogP contribution in [0.2, 0.25) is 0 Å². The number of pyridine rings is 1. The molecule has 14 heteroatoms. The molecule has 1 saturated heterocycles. The first-order valence-electron chi connectivity index (χ1n) is 15.7. The van der Waals surface area contributed by atoms with Crippen molar-refractivity contribution in [2.45, 2.75) is 18.9 Å². The number of aryl methyl sites for hydroxylation is 1. The van der Waals surface area contributed by atoms with E-state index in [-0.39, 0.29) is 11.7 Å². The Bertz CT molecular complexity index is 1930. The van der Waals surface area contributed by atoms with Gasteiger partial charge in [0, 0.05) is 70.0 Å². The predicted molar refractivity (Wildman–Crippen MR) is 176 cm³/mol. The largest absolute Gasteiger partial charge is 0.484 e. The van der Waals surface area contributed by atoms with Gasteiger partial charge in [-0.05, 0) is 66.2 Å². The van der Waals surface area contributed by atoms with Gasteiger partial charge in [0.25, 0.3) is 5.91 Å². The van der Waals surface area contributed by atoms with Gasteiger partial charge in [-0.15, -0.1) is 0 Å². The Morgan fingerprint density at radius 2 is 1.48 bits per heavy atom. The fourth-order valence-corrected chi connectivity index (χ4v) is 5.74. The molecule has 0 aliphatic carbocycles. The molecule has 50 heavy (non-hydrogen) atoms. The van der Waals surface area contributed by atoms with Crippen LogP contribution < -0.4 is 14.4 Å². The second-order valence-electron chi connectivity index (χ2n) is 12.0. The van der Waals surface area contributed by atoms with E-state index in [1.165, 1.54) is 24.3 Å². The lowest BCUT2D eigenvalue weighted by Gasteiger charge is -2.34. The van der Waals surface area contributed by atoms with Crippen LogP contribution in [-0.2, 0) is 19.8 Å². The molecule has 0 N–H and O–H groups in total. The molecule has 8 nitrogen and oxygen atoms in total. The van der Waals surface area contributed by atoms with Crippen molar-refractivity contribution in [2.75, 3.05) is 44.7 Å². The summed E-state index contributed by atoms with van der Waals surface area (Å²) in [5.74, 6) is 0.906. The number of hydrogen-bond acceptors (Lipinski definition) is 6. The molecule has 0 bridgehead atoms. The van der Waals surface area contributed by atoms with E-state index in [0.29, 0.717) is 61.4 Å². The van der Waals surface area contributed by atoms with Crippen LogP contribution in [-0.4, -0.2) is 71.3 Å². The van der Waals surface area contributed by atoms with Crippen LogP contribution in [0.5, 0.6) is 17.4 Å². The Hall–Kier alpha value is -5.24. The van der Waals surface area contributed by atoms with Gasteiger partial charge in [0.1, 0.15) is 17.2 Å². The maximum Gasteiger partial charge on any atom is 0.422 e. The van der Waals surface area contributed by atoms with Crippen LogP contribution in [0.3, 0.4) is 0 Å². The van der Waals surface area contributed by atoms with Crippen molar-refractivity contribution in [3.8, 4) is 17.4 Å². The minimum absolute atomic E-state index is 0.0913. The topological polar surface area (TPSA) is 63.1 Å². The van der Waals surface area contributed by atoms with Crippen LogP contribution in [0.4, 0.5) is 37.7 Å². The third kappa shape index (κ3) is 8.13. The second kappa shape index (κ2) is 13.9. The number of carbonyl (C=O) groups is 1. The zero-order chi connectivity index (χ0) is 35.6. The molecule has 262 valence electrons. The summed E-state index contributed by atoms with van der Waals surface area (Å²) in [6.45, 7) is 1.61. The smallest absolute Gasteiger partial charge is 0.422 e. The molecule has 0 atom stereocenters. The zero-order valence-electron chi connectivity index (χ0n) is 27.1. The van der Waals surface area contributed by atoms with Gasteiger partial charge in [-0.25, -0.2) is 4.98 Å². The first kappa shape index (κ1) is 34.6. The average molecular weight is 698 g/mol. The number of alkyl halides is 6. The van der Waals surface area contributed by atoms with E-state index >= 15 is 0 Å². The number of carbonyl (C=O) groups excluding carboxylic acids is 1. The van der Waals surface area contributed by atoms with Gasteiger partial charge in [0.2, 0.25) is 5.88 Å². The zero-order valence-corrected chi connectivity index (χ0v) is 27.1. The Morgan fingerprint density at radius 1 is 0.820 bits per heavy atom. The molecule has 0 unspecified atom stereocenters. The molecule has 1 fully saturated rings. The van der Waals surface area contributed by atoms with E-state index in [1.807, 2.05) is 34.7 Å². The van der Waals surface area contributed by atoms with Crippen molar-refractivity contribution in [1.29, 1.82) is 0 Å². The summed E-state index contributed by atoms with van der Waals surface area (Å²) in [6, 6.07) is 22.2. The van der Waals surface area contributed by atoms with Crippen molar-refractivity contribution < 1.29 is 40.6 Å². The molecule has 0 saturated carbocycles. The Kier molecular flexibility index (Phi) is 9.65. The molecule has 3 aromatic carbocycles. The number of hydrogen-bond donors (Lipinski definition) is 0. The molecule has 1 aliphatic heterocycles. The summed E-state index contributed by atoms with van der Waals surface area (Å²) in [4.78, 5) is 23.6. The van der Waals surface area contributed by atoms with Crippen LogP contribution in [0.25, 0.3) is 10.9 Å². The molecule has 6 rings (SSSR count). The van der Waals surface area contributed by atoms with Crippen LogP contribution in [0.1, 0.15) is 21.6 Å². The van der Waals surface area contributed by atoms with Gasteiger partial charge in [0.15, 0.2) is 6.61 Å². The second-order valence-corrected chi connectivity index (χ2v) is 12.0. The highest BCUT2D eigenvalue weighted by Crippen LogP contribution is 2.33. The van der Waals surface area contributed by atoms with E-state index in [0.717, 1.165) is 28.6 Å². The number of halogens is 6. The van der Waals surface area contributed by atoms with Crippen molar-refractivity contribution >= 4 is 28.2 Å². The molecular weight excluding hydrogens is 664 g/mol. The average Bonchev–Trinajstić information content (AvgIpc) is 3.42. The van der Waals surface area contributed by atoms with Gasteiger partial charge in [-0.2, -0.15) is 26.3 Å². The standard InChI is InChI=1S/C36H33F6N5O3/c1-44(27-8-6-26(7-9-27)36(40,41)42)28-10-14-33(43-21-28)50-30-13-5-25-19-32(45(2)31(25)20-30)34(48)47-17-15-46(16-18-47)22-24-3-11-29(12-4-24)49-23-35(37,38)39/h3-14,19-21H,15-18,22-23H2,1-2H3. The van der Waals surface area contributed by atoms with Crippen molar-refractivity contribution in [3.05, 3.63) is 108 Å². The molecule has 2 aromatic heterocycles. The third-order valence-electron chi connectivity index (χ3n) is 8.54. The van der Waals surface area contributed by atoms with Crippen molar-refractivity contribution in [3.63, 3.8) is 0 Å². The number of rotatable bonds is 9. The molecule has 1 aliphatic rings.